The highest BCUT2D eigenvalue weighted by Gasteiger charge is 2.32. The van der Waals surface area contributed by atoms with E-state index in [0.717, 1.165) is 17.0 Å². The summed E-state index contributed by atoms with van der Waals surface area (Å²) in [6.07, 6.45) is 0. The molecule has 2 rings (SSSR count). The molecule has 1 N–H and O–H groups in total. The van der Waals surface area contributed by atoms with E-state index in [9.17, 15) is 12.8 Å². The standard InChI is InChI=1S/C15H17ClFNO2S2/c1-15(2,3)14(12-5-4-8-21-12)18-22(19,20)13-7-6-10(17)9-11(13)16/h4-9,14,18H,1-3H3/t14-/m1/s1. The molecular weight excluding hydrogens is 345 g/mol. The highest BCUT2D eigenvalue weighted by molar-refractivity contribution is 7.89. The Hall–Kier alpha value is -0.950. The molecule has 0 radical (unpaired) electrons. The van der Waals surface area contributed by atoms with Crippen molar-refractivity contribution in [2.24, 2.45) is 5.41 Å². The summed E-state index contributed by atoms with van der Waals surface area (Å²) in [5.41, 5.74) is -0.329. The molecule has 1 aromatic carbocycles. The van der Waals surface area contributed by atoms with Crippen molar-refractivity contribution in [3.63, 3.8) is 0 Å². The molecule has 0 fully saturated rings. The smallest absolute Gasteiger partial charge is 0.207 e. The lowest BCUT2D eigenvalue weighted by atomic mass is 9.86. The Morgan fingerprint density at radius 2 is 1.95 bits per heavy atom. The third kappa shape index (κ3) is 3.87. The van der Waals surface area contributed by atoms with Gasteiger partial charge in [-0.25, -0.2) is 17.5 Å². The van der Waals surface area contributed by atoms with E-state index in [2.05, 4.69) is 4.72 Å². The predicted octanol–water partition coefficient (Wildman–Crippen LogP) is 4.61. The van der Waals surface area contributed by atoms with Crippen LogP contribution in [0.5, 0.6) is 0 Å². The maximum atomic E-state index is 13.1. The Kier molecular flexibility index (Phi) is 4.96. The second-order valence-electron chi connectivity index (χ2n) is 6.01. The van der Waals surface area contributed by atoms with Crippen molar-refractivity contribution >= 4 is 33.0 Å². The number of thiophene rings is 1. The maximum Gasteiger partial charge on any atom is 0.242 e. The van der Waals surface area contributed by atoms with Crippen molar-refractivity contribution < 1.29 is 12.8 Å². The van der Waals surface area contributed by atoms with Gasteiger partial charge in [0.05, 0.1) is 11.1 Å². The number of sulfonamides is 1. The monoisotopic (exact) mass is 361 g/mol. The summed E-state index contributed by atoms with van der Waals surface area (Å²) in [6, 6.07) is 6.60. The van der Waals surface area contributed by atoms with Crippen molar-refractivity contribution in [1.29, 1.82) is 0 Å². The van der Waals surface area contributed by atoms with Gasteiger partial charge in [-0.15, -0.1) is 11.3 Å². The number of benzene rings is 1. The first-order chi connectivity index (χ1) is 10.1. The van der Waals surface area contributed by atoms with Gasteiger partial charge < -0.3 is 0 Å². The lowest BCUT2D eigenvalue weighted by Gasteiger charge is -2.30. The van der Waals surface area contributed by atoms with Crippen LogP contribution in [-0.4, -0.2) is 8.42 Å². The van der Waals surface area contributed by atoms with Crippen LogP contribution in [0, 0.1) is 11.2 Å². The van der Waals surface area contributed by atoms with Crippen LogP contribution in [0.4, 0.5) is 4.39 Å². The molecular formula is C15H17ClFNO2S2. The van der Waals surface area contributed by atoms with E-state index in [4.69, 9.17) is 11.6 Å². The molecule has 1 heterocycles. The first-order valence-corrected chi connectivity index (χ1v) is 9.36. The lowest BCUT2D eigenvalue weighted by molar-refractivity contribution is 0.308. The van der Waals surface area contributed by atoms with Crippen molar-refractivity contribution in [3.8, 4) is 0 Å². The number of hydrogen-bond donors (Lipinski definition) is 1. The van der Waals surface area contributed by atoms with Crippen molar-refractivity contribution in [2.75, 3.05) is 0 Å². The van der Waals surface area contributed by atoms with Gasteiger partial charge >= 0.3 is 0 Å². The minimum atomic E-state index is -3.86. The number of halogens is 2. The lowest BCUT2D eigenvalue weighted by Crippen LogP contribution is -2.36. The molecule has 22 heavy (non-hydrogen) atoms. The van der Waals surface area contributed by atoms with Gasteiger partial charge in [-0.05, 0) is 35.1 Å². The molecule has 0 saturated heterocycles. The first-order valence-electron chi connectivity index (χ1n) is 6.62. The topological polar surface area (TPSA) is 46.2 Å². The molecule has 0 unspecified atom stereocenters. The molecule has 7 heteroatoms. The van der Waals surface area contributed by atoms with E-state index in [-0.39, 0.29) is 15.3 Å². The zero-order chi connectivity index (χ0) is 16.5. The second-order valence-corrected chi connectivity index (χ2v) is 9.08. The molecule has 0 bridgehead atoms. The van der Waals surface area contributed by atoms with E-state index in [1.165, 1.54) is 17.4 Å². The van der Waals surface area contributed by atoms with E-state index in [0.29, 0.717) is 0 Å². The SMILES string of the molecule is CC(C)(C)[C@H](NS(=O)(=O)c1ccc(F)cc1Cl)c1cccs1. The molecule has 120 valence electrons. The molecule has 3 nitrogen and oxygen atoms in total. The Bertz CT molecular complexity index is 752. The second kappa shape index (κ2) is 6.28. The van der Waals surface area contributed by atoms with Crippen LogP contribution in [0.3, 0.4) is 0 Å². The highest BCUT2D eigenvalue weighted by Crippen LogP contribution is 2.37. The Balaban J connectivity index is 2.41. The fraction of sp³-hybridized carbons (Fsp3) is 0.333. The van der Waals surface area contributed by atoms with Crippen molar-refractivity contribution in [3.05, 3.63) is 51.4 Å². The molecule has 0 saturated carbocycles. The van der Waals surface area contributed by atoms with Crippen LogP contribution in [0.2, 0.25) is 5.02 Å². The van der Waals surface area contributed by atoms with Crippen LogP contribution in [-0.2, 0) is 10.0 Å². The summed E-state index contributed by atoms with van der Waals surface area (Å²) in [6.45, 7) is 5.85. The molecule has 0 aliphatic rings. The predicted molar refractivity (Wildman–Crippen MR) is 88.2 cm³/mol. The first kappa shape index (κ1) is 17.4. The zero-order valence-electron chi connectivity index (χ0n) is 12.4. The third-order valence-corrected chi connectivity index (χ3v) is 5.99. The summed E-state index contributed by atoms with van der Waals surface area (Å²) in [4.78, 5) is 0.788. The van der Waals surface area contributed by atoms with Crippen LogP contribution in [0.1, 0.15) is 31.7 Å². The molecule has 0 aliphatic carbocycles. The zero-order valence-corrected chi connectivity index (χ0v) is 14.8. The number of hydrogen-bond acceptors (Lipinski definition) is 3. The molecule has 2 aromatic rings. The largest absolute Gasteiger partial charge is 0.242 e. The average molecular weight is 362 g/mol. The normalized spacial score (nSPS) is 14.0. The van der Waals surface area contributed by atoms with Crippen LogP contribution < -0.4 is 4.72 Å². The summed E-state index contributed by atoms with van der Waals surface area (Å²) in [5.74, 6) is -0.574. The van der Waals surface area contributed by atoms with Crippen molar-refractivity contribution in [2.45, 2.75) is 31.7 Å². The highest BCUT2D eigenvalue weighted by atomic mass is 35.5. The van der Waals surface area contributed by atoms with E-state index >= 15 is 0 Å². The third-order valence-electron chi connectivity index (χ3n) is 3.15. The van der Waals surface area contributed by atoms with E-state index in [1.807, 2.05) is 38.3 Å². The van der Waals surface area contributed by atoms with Crippen molar-refractivity contribution in [1.82, 2.24) is 4.72 Å². The van der Waals surface area contributed by atoms with Gasteiger partial charge in [0.1, 0.15) is 10.7 Å². The van der Waals surface area contributed by atoms with Gasteiger partial charge in [0.25, 0.3) is 0 Å². The Morgan fingerprint density at radius 1 is 1.27 bits per heavy atom. The van der Waals surface area contributed by atoms with Crippen LogP contribution in [0.15, 0.2) is 40.6 Å². The fourth-order valence-corrected chi connectivity index (χ4v) is 5.08. The van der Waals surface area contributed by atoms with Gasteiger partial charge in [0.2, 0.25) is 10.0 Å². The molecule has 1 aromatic heterocycles. The molecule has 0 aliphatic heterocycles. The summed E-state index contributed by atoms with van der Waals surface area (Å²) >= 11 is 7.36. The summed E-state index contributed by atoms with van der Waals surface area (Å²) in [5, 5.41) is 1.76. The van der Waals surface area contributed by atoms with E-state index < -0.39 is 21.9 Å². The van der Waals surface area contributed by atoms with Crippen LogP contribution >= 0.6 is 22.9 Å². The summed E-state index contributed by atoms with van der Waals surface area (Å²) in [7, 11) is -3.86. The Labute approximate surface area is 139 Å². The molecule has 0 amide bonds. The number of nitrogens with one attached hydrogen (secondary N) is 1. The quantitative estimate of drug-likeness (QED) is 0.864. The van der Waals surface area contributed by atoms with Gasteiger partial charge in [0.15, 0.2) is 0 Å². The van der Waals surface area contributed by atoms with Gasteiger partial charge in [-0.1, -0.05) is 38.4 Å². The van der Waals surface area contributed by atoms with Gasteiger partial charge in [-0.2, -0.15) is 0 Å². The minimum absolute atomic E-state index is 0.124. The molecule has 1 atom stereocenters. The summed E-state index contributed by atoms with van der Waals surface area (Å²) < 4.78 is 41.0. The van der Waals surface area contributed by atoms with Crippen LogP contribution in [0.25, 0.3) is 0 Å². The van der Waals surface area contributed by atoms with E-state index in [1.54, 1.807) is 0 Å². The Morgan fingerprint density at radius 3 is 2.45 bits per heavy atom. The maximum absolute atomic E-state index is 13.1. The van der Waals surface area contributed by atoms with Gasteiger partial charge in [-0.3, -0.25) is 0 Å². The fourth-order valence-electron chi connectivity index (χ4n) is 2.03. The average Bonchev–Trinajstić information content (AvgIpc) is 2.87. The number of rotatable bonds is 4. The van der Waals surface area contributed by atoms with Gasteiger partial charge in [0, 0.05) is 4.88 Å². The minimum Gasteiger partial charge on any atom is -0.207 e. The molecule has 0 spiro atoms.